The van der Waals surface area contributed by atoms with Gasteiger partial charge in [-0.1, -0.05) is 0 Å². The molecule has 10 atom stereocenters. The number of aliphatic hydroxyl groups excluding tert-OH is 7. The molecule has 2 rings (SSSR count). The number of ether oxygens (including phenoxy) is 5. The van der Waals surface area contributed by atoms with E-state index in [2.05, 4.69) is 4.74 Å². The van der Waals surface area contributed by atoms with Gasteiger partial charge in [0.25, 0.3) is 0 Å². The number of aliphatic hydroxyl groups is 7. The maximum Gasteiger partial charge on any atom is 0.460 e. The normalized spacial score (nSPS) is 35.3. The molecule has 0 aromatic heterocycles. The lowest BCUT2D eigenvalue weighted by molar-refractivity contribution is -0.456. The van der Waals surface area contributed by atoms with Gasteiger partial charge in [0.1, 0.15) is 48.8 Å². The molecule has 6 unspecified atom stereocenters. The molecule has 8 N–H and O–H groups in total. The van der Waals surface area contributed by atoms with E-state index in [1.54, 1.807) is 0 Å². The molecule has 0 radical (unpaired) electrons. The molecule has 0 spiro atoms. The van der Waals surface area contributed by atoms with Crippen molar-refractivity contribution >= 4 is 10.1 Å². The molecule has 0 aromatic rings. The Morgan fingerprint density at radius 2 is 1.21 bits per heavy atom. The Morgan fingerprint density at radius 3 is 1.72 bits per heavy atom. The van der Waals surface area contributed by atoms with Crippen molar-refractivity contribution in [2.75, 3.05) is 19.8 Å². The monoisotopic (exact) mass is 680 g/mol. The van der Waals surface area contributed by atoms with E-state index in [0.717, 1.165) is 0 Å². The summed E-state index contributed by atoms with van der Waals surface area (Å²) in [6.45, 7) is -2.99. The van der Waals surface area contributed by atoms with Crippen LogP contribution in [-0.2, 0) is 33.8 Å². The first-order valence-corrected chi connectivity index (χ1v) is 13.3. The summed E-state index contributed by atoms with van der Waals surface area (Å²) in [7, 11) is -7.09. The van der Waals surface area contributed by atoms with Gasteiger partial charge in [-0.2, -0.15) is 43.5 Å². The molecule has 256 valence electrons. The Labute approximate surface area is 235 Å². The van der Waals surface area contributed by atoms with Crippen LogP contribution in [-0.4, -0.2) is 153 Å². The Kier molecular flexibility index (Phi) is 12.1. The molecular formula is C19H28F8O15S. The maximum absolute atomic E-state index is 13.9. The van der Waals surface area contributed by atoms with Crippen LogP contribution in [0.1, 0.15) is 12.8 Å². The van der Waals surface area contributed by atoms with Crippen molar-refractivity contribution in [1.82, 2.24) is 0 Å². The molecule has 2 heterocycles. The highest BCUT2D eigenvalue weighted by molar-refractivity contribution is 7.86. The third-order valence-corrected chi connectivity index (χ3v) is 7.11. The highest BCUT2D eigenvalue weighted by Crippen LogP contribution is 2.48. The van der Waals surface area contributed by atoms with Crippen molar-refractivity contribution in [1.29, 1.82) is 0 Å². The van der Waals surface area contributed by atoms with Crippen LogP contribution < -0.4 is 0 Å². The summed E-state index contributed by atoms with van der Waals surface area (Å²) in [5.41, 5.74) is 0. The predicted octanol–water partition coefficient (Wildman–Crippen LogP) is -2.27. The van der Waals surface area contributed by atoms with E-state index in [0.29, 0.717) is 0 Å². The van der Waals surface area contributed by atoms with Crippen molar-refractivity contribution in [3.63, 3.8) is 0 Å². The van der Waals surface area contributed by atoms with Crippen molar-refractivity contribution in [2.45, 2.75) is 97.6 Å². The molecule has 0 amide bonds. The average molecular weight is 680 g/mol. The third kappa shape index (κ3) is 8.00. The van der Waals surface area contributed by atoms with Gasteiger partial charge in [0, 0.05) is 6.42 Å². The van der Waals surface area contributed by atoms with Crippen LogP contribution in [0.4, 0.5) is 35.1 Å². The van der Waals surface area contributed by atoms with Gasteiger partial charge in [-0.3, -0.25) is 4.55 Å². The number of hydrogen-bond donors (Lipinski definition) is 8. The number of rotatable bonds is 14. The Balaban J connectivity index is 2.00. The zero-order chi connectivity index (χ0) is 33.3. The van der Waals surface area contributed by atoms with Crippen LogP contribution in [0, 0.1) is 0 Å². The summed E-state index contributed by atoms with van der Waals surface area (Å²) in [4.78, 5) is 0. The fourth-order valence-corrected chi connectivity index (χ4v) is 4.12. The fourth-order valence-electron chi connectivity index (χ4n) is 3.78. The van der Waals surface area contributed by atoms with Gasteiger partial charge in [-0.15, -0.1) is 0 Å². The summed E-state index contributed by atoms with van der Waals surface area (Å²) in [6, 6.07) is 0. The Hall–Kier alpha value is -1.13. The number of alkyl halides is 8. The molecule has 2 aliphatic rings. The van der Waals surface area contributed by atoms with Crippen LogP contribution in [0.3, 0.4) is 0 Å². The van der Waals surface area contributed by atoms with Gasteiger partial charge in [0.05, 0.1) is 19.8 Å². The zero-order valence-electron chi connectivity index (χ0n) is 21.2. The number of halogens is 8. The lowest BCUT2D eigenvalue weighted by atomic mass is 9.97. The lowest BCUT2D eigenvalue weighted by Gasteiger charge is -2.45. The molecule has 2 aliphatic heterocycles. The van der Waals surface area contributed by atoms with Crippen LogP contribution in [0.2, 0.25) is 0 Å². The Bertz CT molecular complexity index is 1020. The minimum atomic E-state index is -7.09. The second-order valence-electron chi connectivity index (χ2n) is 9.31. The van der Waals surface area contributed by atoms with E-state index < -0.39 is 128 Å². The van der Waals surface area contributed by atoms with Gasteiger partial charge in [0.15, 0.2) is 12.6 Å². The fraction of sp³-hybridized carbons (Fsp3) is 1.00. The first-order valence-electron chi connectivity index (χ1n) is 11.8. The van der Waals surface area contributed by atoms with Gasteiger partial charge in [-0.25, -0.2) is 4.74 Å². The minimum Gasteiger partial charge on any atom is -0.394 e. The van der Waals surface area contributed by atoms with E-state index in [-0.39, 0.29) is 0 Å². The van der Waals surface area contributed by atoms with E-state index in [4.69, 9.17) is 23.5 Å². The summed E-state index contributed by atoms with van der Waals surface area (Å²) < 4.78 is 159. The quantitative estimate of drug-likeness (QED) is 0.0548. The second kappa shape index (κ2) is 13.7. The van der Waals surface area contributed by atoms with Crippen LogP contribution in [0.5, 0.6) is 0 Å². The first-order chi connectivity index (χ1) is 19.5. The largest absolute Gasteiger partial charge is 0.460 e. The predicted molar refractivity (Wildman–Crippen MR) is 114 cm³/mol. The molecule has 43 heavy (non-hydrogen) atoms. The van der Waals surface area contributed by atoms with Gasteiger partial charge >= 0.3 is 33.5 Å². The van der Waals surface area contributed by atoms with E-state index in [1.165, 1.54) is 0 Å². The lowest BCUT2D eigenvalue weighted by Crippen LogP contribution is -2.64. The summed E-state index contributed by atoms with van der Waals surface area (Å²) >= 11 is 0. The Morgan fingerprint density at radius 1 is 0.698 bits per heavy atom. The molecule has 0 aliphatic carbocycles. The van der Waals surface area contributed by atoms with Crippen molar-refractivity contribution < 1.29 is 108 Å². The maximum atomic E-state index is 13.9. The zero-order valence-corrected chi connectivity index (χ0v) is 22.0. The highest BCUT2D eigenvalue weighted by Gasteiger charge is 2.73. The van der Waals surface area contributed by atoms with Crippen LogP contribution in [0.25, 0.3) is 0 Å². The van der Waals surface area contributed by atoms with E-state index in [9.17, 15) is 79.3 Å². The standard InChI is InChI=1S/C19H28F8O15S/c20-16(21,17(22,23)42-18(24,25)19(26,27)43(35,36)37)2-1-3-38-14-12(34)10(32)13(7(5-29)40-14)41-15-11(33)9(31)8(30)6(4-28)39-15/h6-15,28-34H,1-5H2,(H,35,36,37)/t6?,7?,8-,9?,10?,11?,12?,13-,14-,15+/m1/s1. The third-order valence-electron chi connectivity index (χ3n) is 6.22. The molecular weight excluding hydrogens is 652 g/mol. The summed E-state index contributed by atoms with van der Waals surface area (Å²) in [5, 5.41) is 62.5. The molecule has 0 bridgehead atoms. The molecule has 2 fully saturated rings. The van der Waals surface area contributed by atoms with E-state index >= 15 is 0 Å². The van der Waals surface area contributed by atoms with Gasteiger partial charge in [0.2, 0.25) is 0 Å². The van der Waals surface area contributed by atoms with Crippen LogP contribution in [0.15, 0.2) is 0 Å². The van der Waals surface area contributed by atoms with E-state index in [1.807, 2.05) is 0 Å². The van der Waals surface area contributed by atoms with Crippen molar-refractivity contribution in [2.24, 2.45) is 0 Å². The summed E-state index contributed by atoms with van der Waals surface area (Å²) in [6.07, 6.45) is -35.4. The SMILES string of the molecule is O=S(=O)(O)C(F)(F)C(F)(F)OC(F)(F)C(F)(F)CCCO[C@@H]1OC(CO)[C@@H](O[C@@H]2OC(CO)[C@@H](O)C(O)C2O)C(O)C1O. The molecule has 15 nitrogen and oxygen atoms in total. The molecule has 0 saturated carbocycles. The second-order valence-corrected chi connectivity index (χ2v) is 10.8. The molecule has 24 heteroatoms. The smallest absolute Gasteiger partial charge is 0.394 e. The topological polar surface area (TPSA) is 242 Å². The first kappa shape index (κ1) is 38.1. The molecule has 2 saturated heterocycles. The molecule has 0 aromatic carbocycles. The summed E-state index contributed by atoms with van der Waals surface area (Å²) in [5.74, 6) is -5.68. The van der Waals surface area contributed by atoms with Crippen molar-refractivity contribution in [3.05, 3.63) is 0 Å². The highest BCUT2D eigenvalue weighted by atomic mass is 32.2. The average Bonchev–Trinajstić information content (AvgIpc) is 2.88. The van der Waals surface area contributed by atoms with Gasteiger partial charge < -0.3 is 54.7 Å². The number of hydrogen-bond acceptors (Lipinski definition) is 14. The van der Waals surface area contributed by atoms with Crippen molar-refractivity contribution in [3.8, 4) is 0 Å². The van der Waals surface area contributed by atoms with Gasteiger partial charge in [-0.05, 0) is 6.42 Å². The van der Waals surface area contributed by atoms with Crippen LogP contribution >= 0.6 is 0 Å². The minimum absolute atomic E-state index is 0.868.